The van der Waals surface area contributed by atoms with Crippen molar-refractivity contribution in [2.45, 2.75) is 19.8 Å². The van der Waals surface area contributed by atoms with Crippen LogP contribution in [-0.2, 0) is 0 Å². The summed E-state index contributed by atoms with van der Waals surface area (Å²) in [7, 11) is 0. The molecule has 2 aromatic rings. The molecule has 0 aliphatic heterocycles. The maximum absolute atomic E-state index is 13.0. The first-order valence-electron chi connectivity index (χ1n) is 5.49. The molecule has 0 spiro atoms. The van der Waals surface area contributed by atoms with Gasteiger partial charge >= 0.3 is 0 Å². The lowest BCUT2D eigenvalue weighted by molar-refractivity contribution is 0.625. The zero-order valence-corrected chi connectivity index (χ0v) is 9.57. The highest BCUT2D eigenvalue weighted by atomic mass is 19.1. The summed E-state index contributed by atoms with van der Waals surface area (Å²) in [5.74, 6) is 0.142. The molecular weight excluding hydrogens is 199 g/mol. The number of halogens is 1. The number of benzene rings is 2. The van der Waals surface area contributed by atoms with Gasteiger partial charge in [-0.15, -0.1) is 0 Å². The Balaban J connectivity index is 2.38. The van der Waals surface area contributed by atoms with Crippen LogP contribution in [0, 0.1) is 12.7 Å². The minimum Gasteiger partial charge on any atom is -0.207 e. The Bertz CT molecular complexity index is 474. The second-order valence-electron chi connectivity index (χ2n) is 4.13. The molecule has 1 atom stereocenters. The molecule has 0 N–H and O–H groups in total. The standard InChI is InChI=1S/C15H15F/c1-11-10-14(16)8-9-15(11)12(2)13-6-4-3-5-7-13/h3-10,12H,1-2H3. The molecule has 0 aliphatic carbocycles. The summed E-state index contributed by atoms with van der Waals surface area (Å²) < 4.78 is 13.0. The van der Waals surface area contributed by atoms with Crippen molar-refractivity contribution in [1.29, 1.82) is 0 Å². The van der Waals surface area contributed by atoms with E-state index in [0.717, 1.165) is 5.56 Å². The minimum absolute atomic E-state index is 0.165. The molecule has 0 aliphatic rings. The van der Waals surface area contributed by atoms with Crippen LogP contribution in [0.3, 0.4) is 0 Å². The molecule has 0 aromatic heterocycles. The van der Waals surface area contributed by atoms with E-state index in [2.05, 4.69) is 19.1 Å². The summed E-state index contributed by atoms with van der Waals surface area (Å²) in [5.41, 5.74) is 3.46. The van der Waals surface area contributed by atoms with Gasteiger partial charge in [0.25, 0.3) is 0 Å². The van der Waals surface area contributed by atoms with Gasteiger partial charge in [-0.3, -0.25) is 0 Å². The Labute approximate surface area is 95.7 Å². The Hall–Kier alpha value is -1.63. The Morgan fingerprint density at radius 2 is 1.69 bits per heavy atom. The van der Waals surface area contributed by atoms with E-state index in [4.69, 9.17) is 0 Å². The largest absolute Gasteiger partial charge is 0.207 e. The normalized spacial score (nSPS) is 12.4. The van der Waals surface area contributed by atoms with E-state index < -0.39 is 0 Å². The molecule has 1 heteroatoms. The fraction of sp³-hybridized carbons (Fsp3) is 0.200. The predicted molar refractivity (Wildman–Crippen MR) is 65.1 cm³/mol. The van der Waals surface area contributed by atoms with Gasteiger partial charge in [-0.05, 0) is 35.7 Å². The molecule has 16 heavy (non-hydrogen) atoms. The number of hydrogen-bond acceptors (Lipinski definition) is 0. The van der Waals surface area contributed by atoms with Crippen LogP contribution in [-0.4, -0.2) is 0 Å². The van der Waals surface area contributed by atoms with Crippen molar-refractivity contribution in [2.75, 3.05) is 0 Å². The average molecular weight is 214 g/mol. The van der Waals surface area contributed by atoms with Crippen LogP contribution in [0.4, 0.5) is 4.39 Å². The molecule has 0 fully saturated rings. The summed E-state index contributed by atoms with van der Waals surface area (Å²) in [6.07, 6.45) is 0. The van der Waals surface area contributed by atoms with E-state index in [1.165, 1.54) is 17.2 Å². The summed E-state index contributed by atoms with van der Waals surface area (Å²) in [6.45, 7) is 4.10. The first-order valence-corrected chi connectivity index (χ1v) is 5.49. The summed E-state index contributed by atoms with van der Waals surface area (Å²) in [4.78, 5) is 0. The molecule has 2 aromatic carbocycles. The highest BCUT2D eigenvalue weighted by Crippen LogP contribution is 2.26. The van der Waals surface area contributed by atoms with Crippen molar-refractivity contribution in [3.8, 4) is 0 Å². The van der Waals surface area contributed by atoms with Gasteiger partial charge in [-0.1, -0.05) is 43.3 Å². The molecule has 0 amide bonds. The van der Waals surface area contributed by atoms with Crippen LogP contribution in [0.15, 0.2) is 48.5 Å². The van der Waals surface area contributed by atoms with Gasteiger partial charge < -0.3 is 0 Å². The van der Waals surface area contributed by atoms with Gasteiger partial charge in [0, 0.05) is 5.92 Å². The molecule has 0 heterocycles. The summed E-state index contributed by atoms with van der Waals surface area (Å²) in [5, 5.41) is 0. The van der Waals surface area contributed by atoms with E-state index in [1.54, 1.807) is 6.07 Å². The minimum atomic E-state index is -0.165. The number of rotatable bonds is 2. The molecular formula is C15H15F. The van der Waals surface area contributed by atoms with Crippen LogP contribution in [0.5, 0.6) is 0 Å². The van der Waals surface area contributed by atoms with Crippen molar-refractivity contribution in [2.24, 2.45) is 0 Å². The first-order chi connectivity index (χ1) is 7.68. The van der Waals surface area contributed by atoms with Crippen molar-refractivity contribution >= 4 is 0 Å². The van der Waals surface area contributed by atoms with E-state index in [-0.39, 0.29) is 5.82 Å². The fourth-order valence-electron chi connectivity index (χ4n) is 2.05. The predicted octanol–water partition coefficient (Wildman–Crippen LogP) is 4.29. The summed E-state index contributed by atoms with van der Waals surface area (Å²) >= 11 is 0. The molecule has 0 radical (unpaired) electrons. The Kier molecular flexibility index (Phi) is 3.04. The molecule has 0 nitrogen and oxygen atoms in total. The van der Waals surface area contributed by atoms with Gasteiger partial charge in [-0.2, -0.15) is 0 Å². The smallest absolute Gasteiger partial charge is 0.123 e. The van der Waals surface area contributed by atoms with E-state index in [1.807, 2.05) is 31.2 Å². The molecule has 0 saturated carbocycles. The van der Waals surface area contributed by atoms with E-state index in [0.29, 0.717) is 5.92 Å². The zero-order chi connectivity index (χ0) is 11.5. The van der Waals surface area contributed by atoms with Crippen LogP contribution >= 0.6 is 0 Å². The first kappa shape index (κ1) is 10.9. The van der Waals surface area contributed by atoms with E-state index in [9.17, 15) is 4.39 Å². The average Bonchev–Trinajstić information content (AvgIpc) is 2.29. The number of aryl methyl sites for hydroxylation is 1. The van der Waals surface area contributed by atoms with Crippen molar-refractivity contribution in [3.05, 3.63) is 71.0 Å². The lowest BCUT2D eigenvalue weighted by Crippen LogP contribution is -1.98. The second kappa shape index (κ2) is 4.48. The van der Waals surface area contributed by atoms with Crippen LogP contribution in [0.25, 0.3) is 0 Å². The lowest BCUT2D eigenvalue weighted by atomic mass is 9.90. The highest BCUT2D eigenvalue weighted by Gasteiger charge is 2.10. The molecule has 82 valence electrons. The van der Waals surface area contributed by atoms with Crippen molar-refractivity contribution in [1.82, 2.24) is 0 Å². The quantitative estimate of drug-likeness (QED) is 0.699. The van der Waals surface area contributed by atoms with Crippen LogP contribution in [0.2, 0.25) is 0 Å². The monoisotopic (exact) mass is 214 g/mol. The van der Waals surface area contributed by atoms with Crippen molar-refractivity contribution < 1.29 is 4.39 Å². The van der Waals surface area contributed by atoms with E-state index >= 15 is 0 Å². The fourth-order valence-corrected chi connectivity index (χ4v) is 2.05. The molecule has 2 rings (SSSR count). The molecule has 1 unspecified atom stereocenters. The van der Waals surface area contributed by atoms with Gasteiger partial charge in [0.1, 0.15) is 5.82 Å². The third-order valence-corrected chi connectivity index (χ3v) is 3.00. The summed E-state index contributed by atoms with van der Waals surface area (Å²) in [6, 6.07) is 15.3. The van der Waals surface area contributed by atoms with Gasteiger partial charge in [0.05, 0.1) is 0 Å². The Morgan fingerprint density at radius 3 is 2.31 bits per heavy atom. The topological polar surface area (TPSA) is 0 Å². The van der Waals surface area contributed by atoms with Crippen molar-refractivity contribution in [3.63, 3.8) is 0 Å². The number of hydrogen-bond donors (Lipinski definition) is 0. The van der Waals surface area contributed by atoms with Gasteiger partial charge in [-0.25, -0.2) is 4.39 Å². The third-order valence-electron chi connectivity index (χ3n) is 3.00. The maximum atomic E-state index is 13.0. The molecule has 0 bridgehead atoms. The highest BCUT2D eigenvalue weighted by molar-refractivity contribution is 5.36. The van der Waals surface area contributed by atoms with Gasteiger partial charge in [0.15, 0.2) is 0 Å². The second-order valence-corrected chi connectivity index (χ2v) is 4.13. The molecule has 0 saturated heterocycles. The Morgan fingerprint density at radius 1 is 1.00 bits per heavy atom. The zero-order valence-electron chi connectivity index (χ0n) is 9.57. The maximum Gasteiger partial charge on any atom is 0.123 e. The lowest BCUT2D eigenvalue weighted by Gasteiger charge is -2.15. The van der Waals surface area contributed by atoms with Crippen LogP contribution < -0.4 is 0 Å². The third kappa shape index (κ3) is 2.13. The van der Waals surface area contributed by atoms with Gasteiger partial charge in [0.2, 0.25) is 0 Å². The van der Waals surface area contributed by atoms with Crippen LogP contribution in [0.1, 0.15) is 29.5 Å². The SMILES string of the molecule is Cc1cc(F)ccc1C(C)c1ccccc1.